The summed E-state index contributed by atoms with van der Waals surface area (Å²) in [6.45, 7) is 5.28. The highest BCUT2D eigenvalue weighted by Crippen LogP contribution is 2.32. The summed E-state index contributed by atoms with van der Waals surface area (Å²) in [4.78, 5) is 26.1. The number of carbonyl (C=O) groups excluding carboxylic acids is 2. The zero-order chi connectivity index (χ0) is 25.4. The lowest BCUT2D eigenvalue weighted by Gasteiger charge is -2.16. The van der Waals surface area contributed by atoms with Crippen molar-refractivity contribution in [3.8, 4) is 11.1 Å². The highest BCUT2D eigenvalue weighted by atomic mass is 19.4. The molecule has 34 heavy (non-hydrogen) atoms. The molecule has 0 aliphatic heterocycles. The minimum atomic E-state index is -4.48. The van der Waals surface area contributed by atoms with E-state index in [1.807, 2.05) is 24.3 Å². The molecule has 1 aromatic heterocycles. The highest BCUT2D eigenvalue weighted by Gasteiger charge is 2.33. The number of alkyl halides is 3. The second kappa shape index (κ2) is 11.3. The summed E-state index contributed by atoms with van der Waals surface area (Å²) in [5, 5.41) is 2.63. The second-order valence-electron chi connectivity index (χ2n) is 8.23. The number of hydrogen-bond acceptors (Lipinski definition) is 4. The smallest absolute Gasteiger partial charge is 0.416 e. The maximum Gasteiger partial charge on any atom is 0.416 e. The number of halogens is 3. The van der Waals surface area contributed by atoms with E-state index in [9.17, 15) is 22.8 Å². The fraction of sp³-hybridized carbons (Fsp3) is 0.240. The molecule has 180 valence electrons. The van der Waals surface area contributed by atoms with E-state index in [0.717, 1.165) is 17.2 Å². The van der Waals surface area contributed by atoms with Crippen LogP contribution < -0.4 is 11.1 Å². The number of rotatable bonds is 4. The van der Waals surface area contributed by atoms with Crippen LogP contribution >= 0.6 is 0 Å². The quantitative estimate of drug-likeness (QED) is 0.499. The maximum atomic E-state index is 13.0. The maximum absolute atomic E-state index is 13.0. The normalized spacial score (nSPS) is 11.1. The van der Waals surface area contributed by atoms with Crippen LogP contribution in [0.2, 0.25) is 0 Å². The molecule has 0 unspecified atom stereocenters. The molecule has 9 heteroatoms. The van der Waals surface area contributed by atoms with Gasteiger partial charge in [-0.2, -0.15) is 13.2 Å². The summed E-state index contributed by atoms with van der Waals surface area (Å²) in [6.07, 6.45) is -2.19. The van der Waals surface area contributed by atoms with Crippen LogP contribution in [0, 0.1) is 0 Å². The number of amides is 2. The van der Waals surface area contributed by atoms with E-state index in [1.54, 1.807) is 45.3 Å². The van der Waals surface area contributed by atoms with Gasteiger partial charge in [0, 0.05) is 18.1 Å². The molecule has 0 atom stereocenters. The van der Waals surface area contributed by atoms with Crippen LogP contribution in [0.1, 0.15) is 31.9 Å². The fourth-order valence-corrected chi connectivity index (χ4v) is 2.92. The lowest BCUT2D eigenvalue weighted by atomic mass is 10.0. The second-order valence-corrected chi connectivity index (χ2v) is 8.23. The predicted molar refractivity (Wildman–Crippen MR) is 124 cm³/mol. The lowest BCUT2D eigenvalue weighted by Crippen LogP contribution is -2.27. The van der Waals surface area contributed by atoms with E-state index in [0.29, 0.717) is 5.69 Å². The zero-order valence-electron chi connectivity index (χ0n) is 19.0. The molecule has 3 aromatic rings. The van der Waals surface area contributed by atoms with E-state index in [-0.39, 0.29) is 12.0 Å². The molecule has 1 heterocycles. The van der Waals surface area contributed by atoms with Crippen molar-refractivity contribution in [3.63, 3.8) is 0 Å². The molecule has 6 nitrogen and oxygen atoms in total. The van der Waals surface area contributed by atoms with Crippen LogP contribution in [-0.2, 0) is 22.1 Å². The van der Waals surface area contributed by atoms with E-state index in [1.165, 1.54) is 18.2 Å². The van der Waals surface area contributed by atoms with Crippen LogP contribution in [0.15, 0.2) is 73.1 Å². The van der Waals surface area contributed by atoms with Crippen LogP contribution in [0.25, 0.3) is 11.1 Å². The number of hydrogen-bond donors (Lipinski definition) is 2. The van der Waals surface area contributed by atoms with Gasteiger partial charge in [0.25, 0.3) is 0 Å². The zero-order valence-corrected chi connectivity index (χ0v) is 19.0. The third-order valence-electron chi connectivity index (χ3n) is 4.26. The van der Waals surface area contributed by atoms with Gasteiger partial charge in [0.1, 0.15) is 5.60 Å². The molecule has 0 fully saturated rings. The average molecular weight is 473 g/mol. The van der Waals surface area contributed by atoms with Crippen LogP contribution in [0.3, 0.4) is 0 Å². The van der Waals surface area contributed by atoms with Gasteiger partial charge in [-0.25, -0.2) is 4.79 Å². The molecule has 0 aliphatic rings. The van der Waals surface area contributed by atoms with Crippen molar-refractivity contribution in [2.45, 2.75) is 39.0 Å². The molecular formula is C25H26F3N3O3. The van der Waals surface area contributed by atoms with Gasteiger partial charge in [-0.05, 0) is 67.8 Å². The van der Waals surface area contributed by atoms with Gasteiger partial charge in [0.15, 0.2) is 0 Å². The van der Waals surface area contributed by atoms with Crippen LogP contribution in [0.5, 0.6) is 0 Å². The number of pyridine rings is 1. The molecule has 3 rings (SSSR count). The standard InChI is InChI=1S/C20H15F3N2O.C5H11NO2/c21-20(22,23)18-4-2-1-3-16(18)13-19(26)25-17-7-5-14(6-8-17)15-9-11-24-12-10-15;1-5(2,3)8-4(6)7/h1-12H,13H2,(H,25,26);1-3H3,(H2,6,7). The van der Waals surface area contributed by atoms with Gasteiger partial charge in [-0.15, -0.1) is 0 Å². The van der Waals surface area contributed by atoms with E-state index in [2.05, 4.69) is 15.0 Å². The topological polar surface area (TPSA) is 94.3 Å². The van der Waals surface area contributed by atoms with Crippen molar-refractivity contribution in [3.05, 3.63) is 84.2 Å². The van der Waals surface area contributed by atoms with E-state index < -0.39 is 29.3 Å². The third kappa shape index (κ3) is 8.93. The Morgan fingerprint density at radius 3 is 1.97 bits per heavy atom. The number of aromatic nitrogens is 1. The van der Waals surface area contributed by atoms with Gasteiger partial charge in [-0.3, -0.25) is 9.78 Å². The van der Waals surface area contributed by atoms with Gasteiger partial charge >= 0.3 is 12.3 Å². The van der Waals surface area contributed by atoms with E-state index in [4.69, 9.17) is 5.73 Å². The molecule has 0 spiro atoms. The monoisotopic (exact) mass is 473 g/mol. The Balaban J connectivity index is 0.000000440. The Labute approximate surface area is 196 Å². The molecule has 0 bridgehead atoms. The lowest BCUT2D eigenvalue weighted by molar-refractivity contribution is -0.138. The number of carbonyl (C=O) groups is 2. The van der Waals surface area contributed by atoms with Crippen molar-refractivity contribution < 1.29 is 27.5 Å². The number of ether oxygens (including phenoxy) is 1. The van der Waals surface area contributed by atoms with Crippen molar-refractivity contribution in [2.24, 2.45) is 5.73 Å². The number of primary amides is 1. The Bertz CT molecular complexity index is 1090. The summed E-state index contributed by atoms with van der Waals surface area (Å²) in [7, 11) is 0. The van der Waals surface area contributed by atoms with Crippen molar-refractivity contribution >= 4 is 17.7 Å². The first-order valence-electron chi connectivity index (χ1n) is 10.3. The first kappa shape index (κ1) is 26.4. The molecule has 0 aliphatic carbocycles. The summed E-state index contributed by atoms with van der Waals surface area (Å²) < 4.78 is 43.6. The molecule has 2 aromatic carbocycles. The van der Waals surface area contributed by atoms with Gasteiger partial charge < -0.3 is 15.8 Å². The Hall–Kier alpha value is -3.88. The number of nitrogens with one attached hydrogen (secondary N) is 1. The SMILES string of the molecule is CC(C)(C)OC(N)=O.O=C(Cc1ccccc1C(F)(F)F)Nc1ccc(-c2ccncc2)cc1. The van der Waals surface area contributed by atoms with Gasteiger partial charge in [0.2, 0.25) is 5.91 Å². The molecule has 0 saturated heterocycles. The fourth-order valence-electron chi connectivity index (χ4n) is 2.92. The average Bonchev–Trinajstić information content (AvgIpc) is 2.73. The predicted octanol–water partition coefficient (Wildman–Crippen LogP) is 5.83. The molecule has 0 saturated carbocycles. The molecular weight excluding hydrogens is 447 g/mol. The first-order chi connectivity index (χ1) is 15.8. The number of nitrogens with zero attached hydrogens (tertiary/aromatic N) is 1. The highest BCUT2D eigenvalue weighted by molar-refractivity contribution is 5.92. The summed E-state index contributed by atoms with van der Waals surface area (Å²) in [5.41, 5.74) is 5.89. The van der Waals surface area contributed by atoms with Crippen LogP contribution in [-0.4, -0.2) is 22.6 Å². The number of nitrogens with two attached hydrogens (primary N) is 1. The van der Waals surface area contributed by atoms with Gasteiger partial charge in [0.05, 0.1) is 12.0 Å². The number of anilines is 1. The minimum Gasteiger partial charge on any atom is -0.444 e. The third-order valence-corrected chi connectivity index (χ3v) is 4.26. The van der Waals surface area contributed by atoms with Crippen molar-refractivity contribution in [1.82, 2.24) is 4.98 Å². The Morgan fingerprint density at radius 1 is 0.912 bits per heavy atom. The minimum absolute atomic E-state index is 0.0501. The van der Waals surface area contributed by atoms with E-state index >= 15 is 0 Å². The van der Waals surface area contributed by atoms with Crippen molar-refractivity contribution in [1.29, 1.82) is 0 Å². The number of benzene rings is 2. The van der Waals surface area contributed by atoms with Crippen LogP contribution in [0.4, 0.5) is 23.7 Å². The Morgan fingerprint density at radius 2 is 1.47 bits per heavy atom. The Kier molecular flexibility index (Phi) is 8.77. The van der Waals surface area contributed by atoms with Gasteiger partial charge in [-0.1, -0.05) is 30.3 Å². The molecule has 3 N–H and O–H groups in total. The largest absolute Gasteiger partial charge is 0.444 e. The summed E-state index contributed by atoms with van der Waals surface area (Å²) in [5.74, 6) is -0.502. The summed E-state index contributed by atoms with van der Waals surface area (Å²) >= 11 is 0. The first-order valence-corrected chi connectivity index (χ1v) is 10.3. The van der Waals surface area contributed by atoms with Crippen molar-refractivity contribution in [2.75, 3.05) is 5.32 Å². The molecule has 2 amide bonds. The molecule has 0 radical (unpaired) electrons. The summed E-state index contributed by atoms with van der Waals surface area (Å²) in [6, 6.07) is 15.9.